The third kappa shape index (κ3) is 3.10. The van der Waals surface area contributed by atoms with E-state index in [1.165, 1.54) is 0 Å². The Balaban J connectivity index is 2.92. The van der Waals surface area contributed by atoms with Crippen LogP contribution in [0.1, 0.15) is 11.1 Å². The van der Waals surface area contributed by atoms with Crippen molar-refractivity contribution in [3.05, 3.63) is 23.3 Å². The van der Waals surface area contributed by atoms with E-state index in [-0.39, 0.29) is 0 Å². The molecule has 5 nitrogen and oxygen atoms in total. The van der Waals surface area contributed by atoms with Gasteiger partial charge in [0, 0.05) is 17.7 Å². The highest BCUT2D eigenvalue weighted by atomic mass is 16.5. The van der Waals surface area contributed by atoms with Crippen molar-refractivity contribution in [2.75, 3.05) is 20.8 Å². The number of nitrogens with one attached hydrogen (secondary N) is 1. The van der Waals surface area contributed by atoms with Gasteiger partial charge in [-0.05, 0) is 19.1 Å². The van der Waals surface area contributed by atoms with Gasteiger partial charge in [0.15, 0.2) is 0 Å². The maximum absolute atomic E-state index is 11.0. The van der Waals surface area contributed by atoms with Crippen LogP contribution in [0.2, 0.25) is 0 Å². The molecule has 2 N–H and O–H groups in total. The Hall–Kier alpha value is -1.75. The van der Waals surface area contributed by atoms with Gasteiger partial charge in [0.2, 0.25) is 5.91 Å². The third-order valence-corrected chi connectivity index (χ3v) is 2.48. The van der Waals surface area contributed by atoms with Gasteiger partial charge >= 0.3 is 0 Å². The zero-order valence-corrected chi connectivity index (χ0v) is 10.2. The van der Waals surface area contributed by atoms with E-state index in [1.807, 2.05) is 19.1 Å². The molecule has 17 heavy (non-hydrogen) atoms. The van der Waals surface area contributed by atoms with Crippen LogP contribution in [0, 0.1) is 6.92 Å². The van der Waals surface area contributed by atoms with Crippen LogP contribution in [-0.2, 0) is 11.3 Å². The molecule has 94 valence electrons. The lowest BCUT2D eigenvalue weighted by Gasteiger charge is -2.14. The highest BCUT2D eigenvalue weighted by Gasteiger charge is 2.11. The molecule has 0 fully saturated rings. The Bertz CT molecular complexity index is 404. The second-order valence-electron chi connectivity index (χ2n) is 3.52. The van der Waals surface area contributed by atoms with Crippen LogP contribution in [0.4, 0.5) is 0 Å². The van der Waals surface area contributed by atoms with Crippen molar-refractivity contribution in [2.24, 2.45) is 0 Å². The SMILES string of the molecule is COc1ccc(CNC(=O)CO)c(OC)c1C. The van der Waals surface area contributed by atoms with E-state index in [2.05, 4.69) is 5.32 Å². The molecule has 0 aliphatic carbocycles. The first kappa shape index (κ1) is 13.3. The molecular formula is C12H17NO4. The molecule has 0 unspecified atom stereocenters. The van der Waals surface area contributed by atoms with Gasteiger partial charge in [-0.3, -0.25) is 4.79 Å². The van der Waals surface area contributed by atoms with E-state index in [0.717, 1.165) is 16.9 Å². The fourth-order valence-corrected chi connectivity index (χ4v) is 1.62. The predicted octanol–water partition coefficient (Wildman–Crippen LogP) is 0.621. The lowest BCUT2D eigenvalue weighted by molar-refractivity contribution is -0.123. The number of ether oxygens (including phenoxy) is 2. The minimum atomic E-state index is -0.516. The average Bonchev–Trinajstić information content (AvgIpc) is 2.35. The summed E-state index contributed by atoms with van der Waals surface area (Å²) >= 11 is 0. The van der Waals surface area contributed by atoms with Crippen molar-refractivity contribution in [1.29, 1.82) is 0 Å². The molecule has 1 amide bonds. The number of carbonyl (C=O) groups excluding carboxylic acids is 1. The summed E-state index contributed by atoms with van der Waals surface area (Å²) < 4.78 is 10.5. The molecule has 0 saturated heterocycles. The Morgan fingerprint density at radius 3 is 2.59 bits per heavy atom. The molecule has 0 aliphatic rings. The summed E-state index contributed by atoms with van der Waals surface area (Å²) in [7, 11) is 3.16. The van der Waals surface area contributed by atoms with E-state index in [4.69, 9.17) is 14.6 Å². The molecule has 1 aromatic carbocycles. The standard InChI is InChI=1S/C12H17NO4/c1-8-10(16-2)5-4-9(12(8)17-3)6-13-11(15)7-14/h4-5,14H,6-7H2,1-3H3,(H,13,15). The summed E-state index contributed by atoms with van der Waals surface area (Å²) in [4.78, 5) is 11.0. The highest BCUT2D eigenvalue weighted by molar-refractivity contribution is 5.76. The number of hydrogen-bond acceptors (Lipinski definition) is 4. The van der Waals surface area contributed by atoms with Crippen LogP contribution >= 0.6 is 0 Å². The number of carbonyl (C=O) groups is 1. The van der Waals surface area contributed by atoms with Crippen LogP contribution < -0.4 is 14.8 Å². The van der Waals surface area contributed by atoms with Gasteiger partial charge in [-0.15, -0.1) is 0 Å². The third-order valence-electron chi connectivity index (χ3n) is 2.48. The van der Waals surface area contributed by atoms with Crippen LogP contribution in [-0.4, -0.2) is 31.8 Å². The summed E-state index contributed by atoms with van der Waals surface area (Å²) in [5.74, 6) is 1.00. The number of amides is 1. The Morgan fingerprint density at radius 1 is 1.35 bits per heavy atom. The van der Waals surface area contributed by atoms with Gasteiger partial charge in [-0.25, -0.2) is 0 Å². The summed E-state index contributed by atoms with van der Waals surface area (Å²) in [5, 5.41) is 11.2. The van der Waals surface area contributed by atoms with Gasteiger partial charge in [0.25, 0.3) is 0 Å². The minimum absolute atomic E-state index is 0.313. The van der Waals surface area contributed by atoms with Crippen molar-refractivity contribution >= 4 is 5.91 Å². The lowest BCUT2D eigenvalue weighted by Crippen LogP contribution is -2.25. The molecule has 0 aliphatic heterocycles. The first-order chi connectivity index (χ1) is 8.13. The normalized spacial score (nSPS) is 9.88. The second kappa shape index (κ2) is 6.10. The van der Waals surface area contributed by atoms with E-state index < -0.39 is 12.5 Å². The van der Waals surface area contributed by atoms with Crippen LogP contribution in [0.3, 0.4) is 0 Å². The van der Waals surface area contributed by atoms with Crippen molar-refractivity contribution in [3.8, 4) is 11.5 Å². The quantitative estimate of drug-likeness (QED) is 0.790. The largest absolute Gasteiger partial charge is 0.496 e. The molecule has 1 aromatic rings. The number of aliphatic hydroxyl groups excluding tert-OH is 1. The molecule has 0 atom stereocenters. The monoisotopic (exact) mass is 239 g/mol. The van der Waals surface area contributed by atoms with E-state index in [0.29, 0.717) is 12.3 Å². The zero-order chi connectivity index (χ0) is 12.8. The van der Waals surface area contributed by atoms with Crippen LogP contribution in [0.5, 0.6) is 11.5 Å². The van der Waals surface area contributed by atoms with Crippen LogP contribution in [0.15, 0.2) is 12.1 Å². The number of hydrogen-bond donors (Lipinski definition) is 2. The maximum atomic E-state index is 11.0. The summed E-state index contributed by atoms with van der Waals surface area (Å²) in [6.07, 6.45) is 0. The first-order valence-corrected chi connectivity index (χ1v) is 5.22. The fraction of sp³-hybridized carbons (Fsp3) is 0.417. The van der Waals surface area contributed by atoms with Gasteiger partial charge in [-0.1, -0.05) is 0 Å². The average molecular weight is 239 g/mol. The first-order valence-electron chi connectivity index (χ1n) is 5.22. The van der Waals surface area contributed by atoms with E-state index in [1.54, 1.807) is 14.2 Å². The van der Waals surface area contributed by atoms with Gasteiger partial charge in [-0.2, -0.15) is 0 Å². The summed E-state index contributed by atoms with van der Waals surface area (Å²) in [6.45, 7) is 1.68. The smallest absolute Gasteiger partial charge is 0.245 e. The van der Waals surface area contributed by atoms with Crippen molar-refractivity contribution in [2.45, 2.75) is 13.5 Å². The molecule has 0 aromatic heterocycles. The molecule has 0 radical (unpaired) electrons. The van der Waals surface area contributed by atoms with E-state index in [9.17, 15) is 4.79 Å². The van der Waals surface area contributed by atoms with Crippen molar-refractivity contribution in [3.63, 3.8) is 0 Å². The molecule has 1 rings (SSSR count). The molecule has 0 bridgehead atoms. The Morgan fingerprint density at radius 2 is 2.06 bits per heavy atom. The maximum Gasteiger partial charge on any atom is 0.245 e. The zero-order valence-electron chi connectivity index (χ0n) is 10.2. The molecular weight excluding hydrogens is 222 g/mol. The topological polar surface area (TPSA) is 67.8 Å². The fourth-order valence-electron chi connectivity index (χ4n) is 1.62. The highest BCUT2D eigenvalue weighted by Crippen LogP contribution is 2.31. The van der Waals surface area contributed by atoms with E-state index >= 15 is 0 Å². The number of rotatable bonds is 5. The summed E-state index contributed by atoms with van der Waals surface area (Å²) in [6, 6.07) is 3.64. The van der Waals surface area contributed by atoms with Crippen molar-refractivity contribution < 1.29 is 19.4 Å². The lowest BCUT2D eigenvalue weighted by atomic mass is 10.1. The Labute approximate surface area is 100 Å². The van der Waals surface area contributed by atoms with Gasteiger partial charge in [0.05, 0.1) is 14.2 Å². The van der Waals surface area contributed by atoms with Gasteiger partial charge < -0.3 is 19.9 Å². The van der Waals surface area contributed by atoms with Crippen LogP contribution in [0.25, 0.3) is 0 Å². The predicted molar refractivity (Wildman–Crippen MR) is 63.2 cm³/mol. The van der Waals surface area contributed by atoms with Gasteiger partial charge in [0.1, 0.15) is 18.1 Å². The molecule has 0 saturated carbocycles. The number of methoxy groups -OCH3 is 2. The summed E-state index contributed by atoms with van der Waals surface area (Å²) in [5.41, 5.74) is 1.72. The van der Waals surface area contributed by atoms with Crippen molar-refractivity contribution in [1.82, 2.24) is 5.32 Å². The number of benzene rings is 1. The molecule has 0 spiro atoms. The second-order valence-corrected chi connectivity index (χ2v) is 3.52. The molecule has 5 heteroatoms. The Kier molecular flexibility index (Phi) is 4.78. The minimum Gasteiger partial charge on any atom is -0.496 e. The molecule has 0 heterocycles. The number of aliphatic hydroxyl groups is 1.